The molecule has 7 heteroatoms. The normalized spacial score (nSPS) is 11.8. The minimum atomic E-state index is -0.259. The average molecular weight is 284 g/mol. The van der Waals surface area contributed by atoms with Crippen molar-refractivity contribution in [2.45, 2.75) is 26.3 Å². The maximum atomic E-state index is 5.96. The van der Waals surface area contributed by atoms with Crippen LogP contribution in [0.15, 0.2) is 30.7 Å². The molecule has 3 aromatic rings. The van der Waals surface area contributed by atoms with E-state index in [1.54, 1.807) is 16.9 Å². The van der Waals surface area contributed by atoms with Crippen molar-refractivity contribution in [1.29, 1.82) is 0 Å². The van der Waals surface area contributed by atoms with E-state index in [4.69, 9.17) is 10.5 Å². The minimum Gasteiger partial charge on any atom is -0.418 e. The van der Waals surface area contributed by atoms with Gasteiger partial charge in [-0.2, -0.15) is 0 Å². The molecule has 0 fully saturated rings. The van der Waals surface area contributed by atoms with E-state index in [-0.39, 0.29) is 5.54 Å². The van der Waals surface area contributed by atoms with E-state index in [9.17, 15) is 0 Å². The molecule has 3 rings (SSSR count). The van der Waals surface area contributed by atoms with Gasteiger partial charge in [-0.1, -0.05) is 6.07 Å². The van der Waals surface area contributed by atoms with Crippen molar-refractivity contribution in [2.75, 3.05) is 5.73 Å². The molecule has 0 aromatic carbocycles. The Bertz CT molecular complexity index is 775. The van der Waals surface area contributed by atoms with Crippen molar-refractivity contribution in [3.63, 3.8) is 0 Å². The Kier molecular flexibility index (Phi) is 2.97. The van der Waals surface area contributed by atoms with Gasteiger partial charge in [0.2, 0.25) is 5.88 Å². The maximum Gasteiger partial charge on any atom is 0.253 e. The van der Waals surface area contributed by atoms with Crippen LogP contribution in [0.25, 0.3) is 11.0 Å². The molecule has 0 unspecified atom stereocenters. The summed E-state index contributed by atoms with van der Waals surface area (Å²) < 4.78 is 7.52. The van der Waals surface area contributed by atoms with Crippen molar-refractivity contribution in [1.82, 2.24) is 24.7 Å². The number of ether oxygens (including phenoxy) is 1. The van der Waals surface area contributed by atoms with Gasteiger partial charge < -0.3 is 10.5 Å². The van der Waals surface area contributed by atoms with E-state index >= 15 is 0 Å². The third-order valence-electron chi connectivity index (χ3n) is 2.94. The first-order valence-corrected chi connectivity index (χ1v) is 6.55. The maximum absolute atomic E-state index is 5.96. The zero-order valence-corrected chi connectivity index (χ0v) is 12.1. The fourth-order valence-electron chi connectivity index (χ4n) is 1.99. The van der Waals surface area contributed by atoms with Gasteiger partial charge in [-0.05, 0) is 26.8 Å². The highest BCUT2D eigenvalue weighted by molar-refractivity contribution is 5.90. The summed E-state index contributed by atoms with van der Waals surface area (Å²) in [5.41, 5.74) is 6.34. The van der Waals surface area contributed by atoms with Gasteiger partial charge in [0.05, 0.1) is 5.54 Å². The second-order valence-corrected chi connectivity index (χ2v) is 5.62. The molecule has 2 N–H and O–H groups in total. The Labute approximate surface area is 121 Å². The number of hydrogen-bond acceptors (Lipinski definition) is 6. The SMILES string of the molecule is CC(C)(C)n1nc(Oc2ccccn2)c2c(N)ncnc21. The number of anilines is 1. The van der Waals surface area contributed by atoms with E-state index in [1.165, 1.54) is 6.33 Å². The molecular formula is C14H16N6O. The average Bonchev–Trinajstić information content (AvgIpc) is 2.80. The molecule has 3 aromatic heterocycles. The van der Waals surface area contributed by atoms with Crippen molar-refractivity contribution in [3.05, 3.63) is 30.7 Å². The van der Waals surface area contributed by atoms with Crippen molar-refractivity contribution in [3.8, 4) is 11.8 Å². The van der Waals surface area contributed by atoms with Crippen LogP contribution in [0, 0.1) is 0 Å². The third-order valence-corrected chi connectivity index (χ3v) is 2.94. The van der Waals surface area contributed by atoms with E-state index in [0.717, 1.165) is 0 Å². The van der Waals surface area contributed by atoms with Crippen LogP contribution in [0.2, 0.25) is 0 Å². The molecule has 0 saturated carbocycles. The molecule has 0 aliphatic rings. The standard InChI is InChI=1S/C14H16N6O/c1-14(2,3)20-12-10(11(15)17-8-18-12)13(19-20)21-9-6-4-5-7-16-9/h4-8H,1-3H3,(H2,15,17,18). The largest absolute Gasteiger partial charge is 0.418 e. The summed E-state index contributed by atoms with van der Waals surface area (Å²) in [7, 11) is 0. The first kappa shape index (κ1) is 13.3. The van der Waals surface area contributed by atoms with E-state index in [2.05, 4.69) is 20.1 Å². The number of nitrogens with zero attached hydrogens (tertiary/aromatic N) is 5. The lowest BCUT2D eigenvalue weighted by molar-refractivity contribution is 0.347. The van der Waals surface area contributed by atoms with E-state index in [0.29, 0.717) is 28.6 Å². The quantitative estimate of drug-likeness (QED) is 0.776. The fourth-order valence-corrected chi connectivity index (χ4v) is 1.99. The lowest BCUT2D eigenvalue weighted by Crippen LogP contribution is -2.23. The molecule has 0 saturated heterocycles. The Hall–Kier alpha value is -2.70. The van der Waals surface area contributed by atoms with E-state index < -0.39 is 0 Å². The Balaban J connectivity index is 2.19. The number of hydrogen-bond donors (Lipinski definition) is 1. The van der Waals surface area contributed by atoms with Gasteiger partial charge in [0.25, 0.3) is 5.88 Å². The summed E-state index contributed by atoms with van der Waals surface area (Å²) in [5.74, 6) is 1.14. The van der Waals surface area contributed by atoms with Gasteiger partial charge in [0, 0.05) is 12.3 Å². The van der Waals surface area contributed by atoms with Crippen LogP contribution < -0.4 is 10.5 Å². The molecule has 7 nitrogen and oxygen atoms in total. The summed E-state index contributed by atoms with van der Waals surface area (Å²) in [5, 5.41) is 5.08. The molecule has 108 valence electrons. The van der Waals surface area contributed by atoms with Crippen LogP contribution in [0.5, 0.6) is 11.8 Å². The number of nitrogens with two attached hydrogens (primary N) is 1. The van der Waals surface area contributed by atoms with Crippen molar-refractivity contribution in [2.24, 2.45) is 0 Å². The molecule has 0 atom stereocenters. The molecular weight excluding hydrogens is 268 g/mol. The van der Waals surface area contributed by atoms with Gasteiger partial charge in [0.1, 0.15) is 17.5 Å². The zero-order valence-electron chi connectivity index (χ0n) is 12.1. The number of rotatable bonds is 2. The highest BCUT2D eigenvalue weighted by atomic mass is 16.5. The predicted molar refractivity (Wildman–Crippen MR) is 79.0 cm³/mol. The number of nitrogen functional groups attached to an aromatic ring is 1. The van der Waals surface area contributed by atoms with Gasteiger partial charge in [0.15, 0.2) is 5.65 Å². The monoisotopic (exact) mass is 284 g/mol. The number of fused-ring (bicyclic) bond motifs is 1. The van der Waals surface area contributed by atoms with Crippen molar-refractivity contribution < 1.29 is 4.74 Å². The highest BCUT2D eigenvalue weighted by Gasteiger charge is 2.24. The van der Waals surface area contributed by atoms with Crippen LogP contribution in [0.4, 0.5) is 5.82 Å². The second-order valence-electron chi connectivity index (χ2n) is 5.62. The molecule has 21 heavy (non-hydrogen) atoms. The first-order chi connectivity index (χ1) is 9.97. The molecule has 0 aliphatic carbocycles. The molecule has 0 amide bonds. The highest BCUT2D eigenvalue weighted by Crippen LogP contribution is 2.33. The Morgan fingerprint density at radius 1 is 1.14 bits per heavy atom. The lowest BCUT2D eigenvalue weighted by Gasteiger charge is -2.19. The minimum absolute atomic E-state index is 0.259. The topological polar surface area (TPSA) is 91.7 Å². The van der Waals surface area contributed by atoms with Crippen molar-refractivity contribution >= 4 is 16.9 Å². The summed E-state index contributed by atoms with van der Waals surface area (Å²) >= 11 is 0. The summed E-state index contributed by atoms with van der Waals surface area (Å²) in [6, 6.07) is 5.41. The molecule has 0 bridgehead atoms. The lowest BCUT2D eigenvalue weighted by atomic mass is 10.1. The molecule has 0 radical (unpaired) electrons. The van der Waals surface area contributed by atoms with Crippen LogP contribution in [0.3, 0.4) is 0 Å². The van der Waals surface area contributed by atoms with Gasteiger partial charge >= 0.3 is 0 Å². The van der Waals surface area contributed by atoms with Crippen LogP contribution in [-0.2, 0) is 5.54 Å². The van der Waals surface area contributed by atoms with Crippen LogP contribution >= 0.6 is 0 Å². The second kappa shape index (κ2) is 4.69. The molecule has 3 heterocycles. The van der Waals surface area contributed by atoms with Gasteiger partial charge in [-0.15, -0.1) is 5.10 Å². The fraction of sp³-hybridized carbons (Fsp3) is 0.286. The summed E-state index contributed by atoms with van der Waals surface area (Å²) in [6.45, 7) is 6.09. The first-order valence-electron chi connectivity index (χ1n) is 6.55. The van der Waals surface area contributed by atoms with Gasteiger partial charge in [-0.3, -0.25) is 0 Å². The third kappa shape index (κ3) is 2.37. The smallest absolute Gasteiger partial charge is 0.253 e. The Morgan fingerprint density at radius 2 is 1.95 bits per heavy atom. The molecule has 0 aliphatic heterocycles. The summed E-state index contributed by atoms with van der Waals surface area (Å²) in [4.78, 5) is 12.4. The van der Waals surface area contributed by atoms with Gasteiger partial charge in [-0.25, -0.2) is 19.6 Å². The number of pyridine rings is 1. The summed E-state index contributed by atoms with van der Waals surface area (Å²) in [6.07, 6.45) is 3.07. The van der Waals surface area contributed by atoms with Crippen LogP contribution in [0.1, 0.15) is 20.8 Å². The zero-order chi connectivity index (χ0) is 15.0. The predicted octanol–water partition coefficient (Wildman–Crippen LogP) is 2.35. The van der Waals surface area contributed by atoms with E-state index in [1.807, 2.05) is 32.9 Å². The molecule has 0 spiro atoms. The number of aromatic nitrogens is 5. The van der Waals surface area contributed by atoms with Crippen LogP contribution in [-0.4, -0.2) is 24.7 Å². The Morgan fingerprint density at radius 3 is 2.62 bits per heavy atom.